The molecule has 0 unspecified atom stereocenters. The zero-order valence-electron chi connectivity index (χ0n) is 12.5. The van der Waals surface area contributed by atoms with E-state index in [4.69, 9.17) is 28.0 Å². The number of rotatable bonds is 2. The van der Waals surface area contributed by atoms with Crippen LogP contribution in [0.4, 0.5) is 5.69 Å². The Morgan fingerprint density at radius 3 is 2.71 bits per heavy atom. The molecule has 0 saturated carbocycles. The minimum atomic E-state index is -0.0290. The monoisotopic (exact) mass is 359 g/mol. The number of aromatic hydroxyl groups is 1. The van der Waals surface area contributed by atoms with Gasteiger partial charge in [0, 0.05) is 10.9 Å². The van der Waals surface area contributed by atoms with E-state index in [0.29, 0.717) is 37.9 Å². The van der Waals surface area contributed by atoms with Gasteiger partial charge in [-0.3, -0.25) is 0 Å². The summed E-state index contributed by atoms with van der Waals surface area (Å²) < 4.78 is 0. The van der Waals surface area contributed by atoms with Crippen LogP contribution in [0.15, 0.2) is 46.5 Å². The first-order chi connectivity index (χ1) is 11.6. The summed E-state index contributed by atoms with van der Waals surface area (Å²) in [6.07, 6.45) is 0. The lowest BCUT2D eigenvalue weighted by molar-refractivity contribution is 0.214. The van der Waals surface area contributed by atoms with E-state index in [0.717, 1.165) is 11.3 Å². The van der Waals surface area contributed by atoms with Crippen LogP contribution in [0.3, 0.4) is 0 Å². The first kappa shape index (κ1) is 15.1. The Bertz CT molecular complexity index is 1040. The molecule has 0 aliphatic carbocycles. The highest BCUT2D eigenvalue weighted by molar-refractivity contribution is 6.58. The fourth-order valence-electron chi connectivity index (χ4n) is 2.84. The molecular formula is C17H11Cl2N3O2. The van der Waals surface area contributed by atoms with E-state index in [1.165, 1.54) is 7.11 Å². The molecule has 0 bridgehead atoms. The van der Waals surface area contributed by atoms with E-state index in [1.54, 1.807) is 12.1 Å². The van der Waals surface area contributed by atoms with Gasteiger partial charge in [0.1, 0.15) is 18.5 Å². The van der Waals surface area contributed by atoms with Crippen molar-refractivity contribution in [1.82, 2.24) is 4.98 Å². The zero-order valence-corrected chi connectivity index (χ0v) is 14.0. The normalized spacial score (nSPS) is 15.0. The first-order valence-electron chi connectivity index (χ1n) is 7.10. The summed E-state index contributed by atoms with van der Waals surface area (Å²) in [6.45, 7) is 0. The molecule has 2 heterocycles. The SMILES string of the molecule is CO/N=C1/C(c2c(O)[nH]c3cc(Cl)c(Cl)cc23)=Nc2ccccc21. The van der Waals surface area contributed by atoms with Gasteiger partial charge in [0.15, 0.2) is 5.88 Å². The minimum absolute atomic E-state index is 0.0290. The Hall–Kier alpha value is -2.50. The third kappa shape index (κ3) is 2.17. The van der Waals surface area contributed by atoms with Crippen molar-refractivity contribution in [3.63, 3.8) is 0 Å². The van der Waals surface area contributed by atoms with E-state index in [9.17, 15) is 5.11 Å². The summed E-state index contributed by atoms with van der Waals surface area (Å²) >= 11 is 12.2. The standard InChI is InChI=1S/C17H11Cl2N3O2/c1-24-22-15-8-4-2-3-5-12(8)20-16(15)14-9-6-10(18)11(19)7-13(9)21-17(14)23/h2-7,21,23H,1H3/b22-15+. The second-order valence-electron chi connectivity index (χ2n) is 5.26. The number of para-hydroxylation sites is 1. The molecule has 2 N–H and O–H groups in total. The Labute approximate surface area is 147 Å². The second kappa shape index (κ2) is 5.54. The maximum absolute atomic E-state index is 10.4. The van der Waals surface area contributed by atoms with E-state index in [1.807, 2.05) is 24.3 Å². The number of hydrogen-bond donors (Lipinski definition) is 2. The lowest BCUT2D eigenvalue weighted by Gasteiger charge is -2.04. The highest BCUT2D eigenvalue weighted by Gasteiger charge is 2.29. The highest BCUT2D eigenvalue weighted by Crippen LogP contribution is 2.38. The van der Waals surface area contributed by atoms with Crippen molar-refractivity contribution >= 4 is 51.2 Å². The molecule has 0 fully saturated rings. The average molecular weight is 360 g/mol. The number of nitrogens with one attached hydrogen (secondary N) is 1. The zero-order chi connectivity index (χ0) is 16.8. The predicted molar refractivity (Wildman–Crippen MR) is 96.2 cm³/mol. The number of aromatic amines is 1. The summed E-state index contributed by atoms with van der Waals surface area (Å²) in [5.74, 6) is -0.0290. The van der Waals surface area contributed by atoms with Crippen LogP contribution >= 0.6 is 23.2 Å². The summed E-state index contributed by atoms with van der Waals surface area (Å²) in [5, 5.41) is 16.0. The van der Waals surface area contributed by atoms with Crippen molar-refractivity contribution < 1.29 is 9.94 Å². The Morgan fingerprint density at radius 2 is 1.92 bits per heavy atom. The molecule has 2 aromatic carbocycles. The Balaban J connectivity index is 2.00. The van der Waals surface area contributed by atoms with Crippen molar-refractivity contribution in [2.45, 2.75) is 0 Å². The molecule has 0 radical (unpaired) electrons. The first-order valence-corrected chi connectivity index (χ1v) is 7.85. The van der Waals surface area contributed by atoms with Crippen molar-refractivity contribution in [3.8, 4) is 5.88 Å². The number of aliphatic imine (C=N–C) groups is 1. The largest absolute Gasteiger partial charge is 0.494 e. The van der Waals surface area contributed by atoms with Gasteiger partial charge < -0.3 is 14.9 Å². The van der Waals surface area contributed by atoms with Crippen LogP contribution in [-0.4, -0.2) is 28.6 Å². The van der Waals surface area contributed by atoms with Gasteiger partial charge in [-0.2, -0.15) is 0 Å². The minimum Gasteiger partial charge on any atom is -0.494 e. The molecule has 0 amide bonds. The number of nitrogens with zero attached hydrogens (tertiary/aromatic N) is 2. The summed E-state index contributed by atoms with van der Waals surface area (Å²) in [5.41, 5.74) is 3.83. The van der Waals surface area contributed by atoms with Gasteiger partial charge in [0.2, 0.25) is 0 Å². The highest BCUT2D eigenvalue weighted by atomic mass is 35.5. The van der Waals surface area contributed by atoms with Gasteiger partial charge in [0.05, 0.1) is 26.8 Å². The maximum Gasteiger partial charge on any atom is 0.199 e. The van der Waals surface area contributed by atoms with Crippen LogP contribution in [0.1, 0.15) is 11.1 Å². The molecule has 0 spiro atoms. The molecule has 1 aromatic heterocycles. The van der Waals surface area contributed by atoms with Crippen LogP contribution in [0.2, 0.25) is 10.0 Å². The molecule has 4 rings (SSSR count). The fourth-order valence-corrected chi connectivity index (χ4v) is 3.17. The third-order valence-corrected chi connectivity index (χ3v) is 4.58. The van der Waals surface area contributed by atoms with E-state index in [2.05, 4.69) is 15.1 Å². The molecule has 7 heteroatoms. The topological polar surface area (TPSA) is 70.0 Å². The molecular weight excluding hydrogens is 349 g/mol. The lowest BCUT2D eigenvalue weighted by atomic mass is 10.0. The van der Waals surface area contributed by atoms with Crippen LogP contribution < -0.4 is 0 Å². The third-order valence-electron chi connectivity index (χ3n) is 3.85. The molecule has 24 heavy (non-hydrogen) atoms. The van der Waals surface area contributed by atoms with Gasteiger partial charge >= 0.3 is 0 Å². The smallest absolute Gasteiger partial charge is 0.199 e. The second-order valence-corrected chi connectivity index (χ2v) is 6.07. The lowest BCUT2D eigenvalue weighted by Crippen LogP contribution is -2.13. The van der Waals surface area contributed by atoms with Gasteiger partial charge in [-0.1, -0.05) is 46.6 Å². The summed E-state index contributed by atoms with van der Waals surface area (Å²) in [6, 6.07) is 10.9. The molecule has 120 valence electrons. The quantitative estimate of drug-likeness (QED) is 0.653. The molecule has 1 aliphatic heterocycles. The molecule has 1 aliphatic rings. The number of fused-ring (bicyclic) bond motifs is 2. The number of benzene rings is 2. The number of H-pyrrole nitrogens is 1. The number of oxime groups is 1. The van der Waals surface area contributed by atoms with Gasteiger partial charge in [-0.15, -0.1) is 0 Å². The summed E-state index contributed by atoms with van der Waals surface area (Å²) in [4.78, 5) is 12.5. The van der Waals surface area contributed by atoms with Crippen molar-refractivity contribution in [2.24, 2.45) is 10.1 Å². The predicted octanol–water partition coefficient (Wildman–Crippen LogP) is 4.67. The fraction of sp³-hybridized carbons (Fsp3) is 0.0588. The molecule has 0 atom stereocenters. The van der Waals surface area contributed by atoms with Crippen LogP contribution in [0.25, 0.3) is 10.9 Å². The van der Waals surface area contributed by atoms with Gasteiger partial charge in [-0.25, -0.2) is 4.99 Å². The molecule has 0 saturated heterocycles. The Kier molecular flexibility index (Phi) is 3.48. The van der Waals surface area contributed by atoms with E-state index < -0.39 is 0 Å². The van der Waals surface area contributed by atoms with Gasteiger partial charge in [-0.05, 0) is 18.2 Å². The van der Waals surface area contributed by atoms with E-state index >= 15 is 0 Å². The number of aromatic nitrogens is 1. The average Bonchev–Trinajstić information content (AvgIpc) is 3.06. The van der Waals surface area contributed by atoms with Crippen molar-refractivity contribution in [2.75, 3.05) is 7.11 Å². The maximum atomic E-state index is 10.4. The van der Waals surface area contributed by atoms with E-state index in [-0.39, 0.29) is 5.88 Å². The van der Waals surface area contributed by atoms with Crippen molar-refractivity contribution in [1.29, 1.82) is 0 Å². The Morgan fingerprint density at radius 1 is 1.17 bits per heavy atom. The number of hydrogen-bond acceptors (Lipinski definition) is 4. The summed E-state index contributed by atoms with van der Waals surface area (Å²) in [7, 11) is 1.47. The van der Waals surface area contributed by atoms with Crippen LogP contribution in [-0.2, 0) is 4.84 Å². The van der Waals surface area contributed by atoms with Crippen molar-refractivity contribution in [3.05, 3.63) is 57.6 Å². The molecule has 3 aromatic rings. The van der Waals surface area contributed by atoms with Crippen LogP contribution in [0.5, 0.6) is 5.88 Å². The molecule has 5 nitrogen and oxygen atoms in total. The number of halogens is 2. The van der Waals surface area contributed by atoms with Crippen LogP contribution in [0, 0.1) is 0 Å². The van der Waals surface area contributed by atoms with Gasteiger partial charge in [0.25, 0.3) is 0 Å².